The first-order valence-corrected chi connectivity index (χ1v) is 8.99. The molecule has 2 aromatic rings. The molecule has 2 unspecified atom stereocenters. The molecule has 2 saturated heterocycles. The van der Waals surface area contributed by atoms with Gasteiger partial charge in [-0.1, -0.05) is 24.3 Å². The molecule has 0 spiro atoms. The van der Waals surface area contributed by atoms with E-state index in [0.29, 0.717) is 11.1 Å². The van der Waals surface area contributed by atoms with Crippen LogP contribution in [0.2, 0.25) is 0 Å². The number of aliphatic hydroxyl groups excluding tert-OH is 2. The van der Waals surface area contributed by atoms with Crippen LogP contribution in [0.1, 0.15) is 23.7 Å². The molecule has 6 atom stereocenters. The number of rotatable bonds is 2. The van der Waals surface area contributed by atoms with Gasteiger partial charge in [-0.05, 0) is 24.3 Å². The molecule has 0 aliphatic carbocycles. The molecule has 2 heterocycles. The quantitative estimate of drug-likeness (QED) is 0.607. The number of phenolic OH excluding ortho intramolecular Hbond substituents is 2. The van der Waals surface area contributed by atoms with Crippen LogP contribution < -0.4 is 0 Å². The van der Waals surface area contributed by atoms with E-state index in [-0.39, 0.29) is 24.7 Å². The van der Waals surface area contributed by atoms with Gasteiger partial charge in [-0.3, -0.25) is 0 Å². The summed E-state index contributed by atoms with van der Waals surface area (Å²) in [5, 5.41) is 39.7. The maximum absolute atomic E-state index is 10.5. The van der Waals surface area contributed by atoms with Gasteiger partial charge >= 0.3 is 0 Å². The first-order chi connectivity index (χ1) is 13.5. The number of hydrogen-bond donors (Lipinski definition) is 4. The van der Waals surface area contributed by atoms with E-state index >= 15 is 0 Å². The third-order valence-corrected chi connectivity index (χ3v) is 4.84. The van der Waals surface area contributed by atoms with E-state index in [1.165, 1.54) is 24.3 Å². The van der Waals surface area contributed by atoms with Gasteiger partial charge in [0.15, 0.2) is 12.6 Å². The highest BCUT2D eigenvalue weighted by Gasteiger charge is 2.45. The molecule has 2 aliphatic heterocycles. The summed E-state index contributed by atoms with van der Waals surface area (Å²) in [6, 6.07) is 12.7. The van der Waals surface area contributed by atoms with Gasteiger partial charge in [-0.2, -0.15) is 0 Å². The Morgan fingerprint density at radius 1 is 0.679 bits per heavy atom. The predicted molar refractivity (Wildman–Crippen MR) is 95.4 cm³/mol. The van der Waals surface area contributed by atoms with Gasteiger partial charge in [0.25, 0.3) is 0 Å². The van der Waals surface area contributed by atoms with Gasteiger partial charge < -0.3 is 39.4 Å². The van der Waals surface area contributed by atoms with Crippen LogP contribution >= 0.6 is 0 Å². The Morgan fingerprint density at radius 3 is 1.82 bits per heavy atom. The fourth-order valence-corrected chi connectivity index (χ4v) is 3.28. The SMILES string of the molecule is Oc1ccc(C2OC[C@H](O)[C@H](O)[C@H]3OC(c4ccc(O)cc4)O[C@@H]3CO2)cc1. The lowest BCUT2D eigenvalue weighted by atomic mass is 10.0. The molecule has 2 fully saturated rings. The minimum atomic E-state index is -1.23. The second-order valence-corrected chi connectivity index (χ2v) is 6.85. The van der Waals surface area contributed by atoms with E-state index in [1.54, 1.807) is 24.3 Å². The number of benzene rings is 2. The lowest BCUT2D eigenvalue weighted by molar-refractivity contribution is -0.182. The second kappa shape index (κ2) is 8.04. The summed E-state index contributed by atoms with van der Waals surface area (Å²) < 4.78 is 23.2. The second-order valence-electron chi connectivity index (χ2n) is 6.85. The summed E-state index contributed by atoms with van der Waals surface area (Å²) in [6.45, 7) is -0.0995. The van der Waals surface area contributed by atoms with E-state index < -0.39 is 37.0 Å². The predicted octanol–water partition coefficient (Wildman–Crippen LogP) is 1.35. The van der Waals surface area contributed by atoms with Gasteiger partial charge in [0.1, 0.15) is 35.9 Å². The molecular formula is C20H22O8. The van der Waals surface area contributed by atoms with Crippen molar-refractivity contribution in [2.75, 3.05) is 13.2 Å². The average molecular weight is 390 g/mol. The zero-order chi connectivity index (χ0) is 19.7. The van der Waals surface area contributed by atoms with Crippen LogP contribution in [-0.4, -0.2) is 58.1 Å². The van der Waals surface area contributed by atoms with Crippen LogP contribution in [0.25, 0.3) is 0 Å². The number of fused-ring (bicyclic) bond motifs is 1. The molecule has 0 amide bonds. The van der Waals surface area contributed by atoms with E-state index in [1.807, 2.05) is 0 Å². The van der Waals surface area contributed by atoms with Gasteiger partial charge in [0.2, 0.25) is 0 Å². The molecule has 0 radical (unpaired) electrons. The molecule has 0 saturated carbocycles. The van der Waals surface area contributed by atoms with Crippen molar-refractivity contribution in [3.63, 3.8) is 0 Å². The van der Waals surface area contributed by atoms with Gasteiger partial charge in [-0.25, -0.2) is 0 Å². The molecule has 4 N–H and O–H groups in total. The van der Waals surface area contributed by atoms with Crippen molar-refractivity contribution in [3.8, 4) is 11.5 Å². The molecule has 4 rings (SSSR count). The van der Waals surface area contributed by atoms with E-state index in [0.717, 1.165) is 0 Å². The Bertz CT molecular complexity index is 778. The van der Waals surface area contributed by atoms with E-state index in [4.69, 9.17) is 18.9 Å². The normalized spacial score (nSPS) is 33.5. The van der Waals surface area contributed by atoms with E-state index in [2.05, 4.69) is 0 Å². The fraction of sp³-hybridized carbons (Fsp3) is 0.400. The Kier molecular flexibility index (Phi) is 5.49. The average Bonchev–Trinajstić information content (AvgIpc) is 3.13. The van der Waals surface area contributed by atoms with Crippen molar-refractivity contribution < 1.29 is 39.4 Å². The summed E-state index contributed by atoms with van der Waals surface area (Å²) in [6.07, 6.45) is -5.42. The van der Waals surface area contributed by atoms with Crippen LogP contribution in [0, 0.1) is 0 Å². The lowest BCUT2D eigenvalue weighted by Gasteiger charge is -2.23. The Morgan fingerprint density at radius 2 is 1.21 bits per heavy atom. The van der Waals surface area contributed by atoms with Crippen molar-refractivity contribution in [1.29, 1.82) is 0 Å². The van der Waals surface area contributed by atoms with Crippen LogP contribution in [0.5, 0.6) is 11.5 Å². The zero-order valence-corrected chi connectivity index (χ0v) is 14.9. The zero-order valence-electron chi connectivity index (χ0n) is 14.9. The molecule has 8 heteroatoms. The van der Waals surface area contributed by atoms with Crippen molar-refractivity contribution >= 4 is 0 Å². The summed E-state index contributed by atoms with van der Waals surface area (Å²) in [5.41, 5.74) is 1.34. The number of phenols is 2. The molecule has 0 bridgehead atoms. The Labute approximate surface area is 161 Å². The molecular weight excluding hydrogens is 368 g/mol. The standard InChI is InChI=1S/C20H22O8/c21-13-5-1-11(2-6-13)19-25-9-15(23)17(24)18-16(10-26-19)27-20(28-18)12-3-7-14(22)8-4-12/h1-8,15-24H,9-10H2/t15-,16+,17-,18-,19?,20?/m0/s1. The van der Waals surface area contributed by atoms with Crippen LogP contribution in [0.4, 0.5) is 0 Å². The van der Waals surface area contributed by atoms with Gasteiger partial charge in [0, 0.05) is 11.1 Å². The summed E-state index contributed by atoms with van der Waals surface area (Å²) in [5.74, 6) is 0.239. The lowest BCUT2D eigenvalue weighted by Crippen LogP contribution is -2.45. The molecule has 28 heavy (non-hydrogen) atoms. The third kappa shape index (κ3) is 3.97. The number of aromatic hydroxyl groups is 2. The number of hydrogen-bond acceptors (Lipinski definition) is 8. The maximum atomic E-state index is 10.5. The van der Waals surface area contributed by atoms with Gasteiger partial charge in [0.05, 0.1) is 13.2 Å². The summed E-state index contributed by atoms with van der Waals surface area (Å²) in [4.78, 5) is 0. The summed E-state index contributed by atoms with van der Waals surface area (Å²) >= 11 is 0. The maximum Gasteiger partial charge on any atom is 0.184 e. The van der Waals surface area contributed by atoms with E-state index in [9.17, 15) is 20.4 Å². The van der Waals surface area contributed by atoms with Crippen molar-refractivity contribution in [2.45, 2.75) is 37.0 Å². The Hall–Kier alpha value is -2.20. The monoisotopic (exact) mass is 390 g/mol. The molecule has 0 aromatic heterocycles. The minimum Gasteiger partial charge on any atom is -0.508 e. The highest BCUT2D eigenvalue weighted by molar-refractivity contribution is 5.27. The summed E-state index contributed by atoms with van der Waals surface area (Å²) in [7, 11) is 0. The van der Waals surface area contributed by atoms with Crippen LogP contribution in [0.3, 0.4) is 0 Å². The van der Waals surface area contributed by atoms with Crippen molar-refractivity contribution in [2.24, 2.45) is 0 Å². The fourth-order valence-electron chi connectivity index (χ4n) is 3.28. The first kappa shape index (κ1) is 19.1. The number of aliphatic hydroxyl groups is 2. The Balaban J connectivity index is 1.53. The molecule has 2 aliphatic rings. The minimum absolute atomic E-state index is 0.0641. The first-order valence-electron chi connectivity index (χ1n) is 8.99. The largest absolute Gasteiger partial charge is 0.508 e. The highest BCUT2D eigenvalue weighted by atomic mass is 16.8. The molecule has 2 aromatic carbocycles. The number of ether oxygens (including phenoxy) is 4. The smallest absolute Gasteiger partial charge is 0.184 e. The van der Waals surface area contributed by atoms with Gasteiger partial charge in [-0.15, -0.1) is 0 Å². The third-order valence-electron chi connectivity index (χ3n) is 4.84. The molecule has 150 valence electrons. The van der Waals surface area contributed by atoms with Crippen molar-refractivity contribution in [1.82, 2.24) is 0 Å². The topological polar surface area (TPSA) is 118 Å². The van der Waals surface area contributed by atoms with Crippen LogP contribution in [0.15, 0.2) is 48.5 Å². The molecule has 8 nitrogen and oxygen atoms in total. The highest BCUT2D eigenvalue weighted by Crippen LogP contribution is 2.36. The van der Waals surface area contributed by atoms with Crippen molar-refractivity contribution in [3.05, 3.63) is 59.7 Å². The van der Waals surface area contributed by atoms with Crippen LogP contribution in [-0.2, 0) is 18.9 Å².